The molecule has 1 heterocycles. The van der Waals surface area contributed by atoms with Gasteiger partial charge in [-0.25, -0.2) is 13.2 Å². The highest BCUT2D eigenvalue weighted by molar-refractivity contribution is 7.91. The molecule has 1 saturated carbocycles. The van der Waals surface area contributed by atoms with Gasteiger partial charge in [0.2, 0.25) is 0 Å². The second kappa shape index (κ2) is 5.63. The van der Waals surface area contributed by atoms with Gasteiger partial charge in [-0.05, 0) is 31.4 Å². The quantitative estimate of drug-likeness (QED) is 0.928. The first-order valence-electron chi connectivity index (χ1n) is 6.44. The first-order chi connectivity index (χ1) is 8.90. The number of sulfone groups is 1. The second-order valence-electron chi connectivity index (χ2n) is 5.06. The van der Waals surface area contributed by atoms with Crippen molar-refractivity contribution in [2.75, 3.05) is 0 Å². The molecule has 1 aliphatic rings. The molecule has 0 unspecified atom stereocenters. The average molecular weight is 302 g/mol. The SMILES string of the molecule is Cc1sc(C(=O)O)cc1CS(=O)(=O)C1CCCCC1. The van der Waals surface area contributed by atoms with Crippen LogP contribution < -0.4 is 0 Å². The van der Waals surface area contributed by atoms with Gasteiger partial charge >= 0.3 is 5.97 Å². The van der Waals surface area contributed by atoms with Gasteiger partial charge in [0, 0.05) is 4.88 Å². The Balaban J connectivity index is 2.17. The minimum atomic E-state index is -3.16. The number of carboxylic acid groups (broad SMARTS) is 1. The molecule has 2 rings (SSSR count). The highest BCUT2D eigenvalue weighted by atomic mass is 32.2. The fourth-order valence-electron chi connectivity index (χ4n) is 2.53. The molecule has 0 aromatic carbocycles. The van der Waals surface area contributed by atoms with E-state index in [2.05, 4.69) is 0 Å². The second-order valence-corrected chi connectivity index (χ2v) is 8.60. The van der Waals surface area contributed by atoms with E-state index < -0.39 is 15.8 Å². The molecule has 1 aliphatic carbocycles. The van der Waals surface area contributed by atoms with E-state index >= 15 is 0 Å². The van der Waals surface area contributed by atoms with Crippen molar-refractivity contribution in [3.05, 3.63) is 21.4 Å². The molecular formula is C13H18O4S2. The number of hydrogen-bond donors (Lipinski definition) is 1. The Labute approximate surface area is 117 Å². The lowest BCUT2D eigenvalue weighted by atomic mass is 10.0. The molecule has 1 N–H and O–H groups in total. The van der Waals surface area contributed by atoms with Gasteiger partial charge in [0.25, 0.3) is 0 Å². The van der Waals surface area contributed by atoms with Gasteiger partial charge in [-0.15, -0.1) is 11.3 Å². The molecule has 19 heavy (non-hydrogen) atoms. The van der Waals surface area contributed by atoms with Crippen LogP contribution >= 0.6 is 11.3 Å². The van der Waals surface area contributed by atoms with E-state index in [9.17, 15) is 13.2 Å². The number of hydrogen-bond acceptors (Lipinski definition) is 4. The third-order valence-electron chi connectivity index (χ3n) is 3.65. The minimum absolute atomic E-state index is 0.0206. The Morgan fingerprint density at radius 1 is 1.37 bits per heavy atom. The zero-order valence-electron chi connectivity index (χ0n) is 10.9. The van der Waals surface area contributed by atoms with Gasteiger partial charge < -0.3 is 5.11 Å². The van der Waals surface area contributed by atoms with Crippen LogP contribution in [-0.4, -0.2) is 24.7 Å². The van der Waals surface area contributed by atoms with Crippen molar-refractivity contribution in [3.8, 4) is 0 Å². The summed E-state index contributed by atoms with van der Waals surface area (Å²) in [6.45, 7) is 1.78. The van der Waals surface area contributed by atoms with Crippen LogP contribution in [0.2, 0.25) is 0 Å². The van der Waals surface area contributed by atoms with Crippen LogP contribution in [0.1, 0.15) is 52.2 Å². The first-order valence-corrected chi connectivity index (χ1v) is 8.97. The van der Waals surface area contributed by atoms with Crippen molar-refractivity contribution in [1.82, 2.24) is 0 Å². The molecule has 4 nitrogen and oxygen atoms in total. The lowest BCUT2D eigenvalue weighted by Gasteiger charge is -2.21. The molecule has 0 radical (unpaired) electrons. The summed E-state index contributed by atoms with van der Waals surface area (Å²) in [6, 6.07) is 1.50. The number of rotatable bonds is 4. The predicted octanol–water partition coefficient (Wildman–Crippen LogP) is 3.00. The van der Waals surface area contributed by atoms with Crippen LogP contribution in [0.25, 0.3) is 0 Å². The summed E-state index contributed by atoms with van der Waals surface area (Å²) in [7, 11) is -3.16. The van der Waals surface area contributed by atoms with Crippen LogP contribution in [0.5, 0.6) is 0 Å². The number of aromatic carboxylic acids is 1. The summed E-state index contributed by atoms with van der Waals surface area (Å²) >= 11 is 1.15. The van der Waals surface area contributed by atoms with Gasteiger partial charge in [-0.1, -0.05) is 19.3 Å². The summed E-state index contributed by atoms with van der Waals surface area (Å²) in [5, 5.41) is 8.69. The lowest BCUT2D eigenvalue weighted by Crippen LogP contribution is -2.25. The number of thiophene rings is 1. The number of carboxylic acids is 1. The summed E-state index contributed by atoms with van der Waals surface area (Å²) in [5.41, 5.74) is 0.646. The Bertz CT molecular complexity index is 565. The molecule has 0 bridgehead atoms. The van der Waals surface area contributed by atoms with Crippen molar-refractivity contribution in [2.24, 2.45) is 0 Å². The van der Waals surface area contributed by atoms with E-state index in [4.69, 9.17) is 5.11 Å². The summed E-state index contributed by atoms with van der Waals surface area (Å²) in [5.74, 6) is -1.01. The van der Waals surface area contributed by atoms with Gasteiger partial charge in [0.05, 0.1) is 11.0 Å². The monoisotopic (exact) mass is 302 g/mol. The third-order valence-corrected chi connectivity index (χ3v) is 6.93. The van der Waals surface area contributed by atoms with Crippen LogP contribution in [0.3, 0.4) is 0 Å². The molecule has 1 aromatic heterocycles. The van der Waals surface area contributed by atoms with E-state index in [0.717, 1.165) is 48.3 Å². The largest absolute Gasteiger partial charge is 0.477 e. The van der Waals surface area contributed by atoms with Crippen LogP contribution in [-0.2, 0) is 15.6 Å². The molecule has 1 aromatic rings. The summed E-state index contributed by atoms with van der Waals surface area (Å²) in [6.07, 6.45) is 4.57. The standard InChI is InChI=1S/C13H18O4S2/c1-9-10(7-12(18-9)13(14)15)8-19(16,17)11-5-3-2-4-6-11/h7,11H,2-6,8H2,1H3,(H,14,15). The molecule has 0 saturated heterocycles. The number of carbonyl (C=O) groups is 1. The predicted molar refractivity (Wildman–Crippen MR) is 75.5 cm³/mol. The van der Waals surface area contributed by atoms with Crippen molar-refractivity contribution in [1.29, 1.82) is 0 Å². The fraction of sp³-hybridized carbons (Fsp3) is 0.615. The Hall–Kier alpha value is -0.880. The smallest absolute Gasteiger partial charge is 0.345 e. The van der Waals surface area contributed by atoms with Gasteiger partial charge in [-0.2, -0.15) is 0 Å². The van der Waals surface area contributed by atoms with Crippen molar-refractivity contribution < 1.29 is 18.3 Å². The zero-order chi connectivity index (χ0) is 14.0. The molecule has 0 aliphatic heterocycles. The zero-order valence-corrected chi connectivity index (χ0v) is 12.5. The molecule has 6 heteroatoms. The highest BCUT2D eigenvalue weighted by Crippen LogP contribution is 2.29. The Morgan fingerprint density at radius 2 is 2.00 bits per heavy atom. The van der Waals surface area contributed by atoms with Crippen LogP contribution in [0.4, 0.5) is 0 Å². The normalized spacial score (nSPS) is 17.5. The maximum Gasteiger partial charge on any atom is 0.345 e. The van der Waals surface area contributed by atoms with Gasteiger partial charge in [-0.3, -0.25) is 0 Å². The summed E-state index contributed by atoms with van der Waals surface area (Å²) in [4.78, 5) is 11.9. The van der Waals surface area contributed by atoms with Gasteiger partial charge in [0.15, 0.2) is 9.84 Å². The average Bonchev–Trinajstić information content (AvgIpc) is 2.72. The summed E-state index contributed by atoms with van der Waals surface area (Å²) < 4.78 is 24.7. The van der Waals surface area contributed by atoms with E-state index in [-0.39, 0.29) is 15.9 Å². The highest BCUT2D eigenvalue weighted by Gasteiger charge is 2.28. The van der Waals surface area contributed by atoms with Gasteiger partial charge in [0.1, 0.15) is 4.88 Å². The molecule has 106 valence electrons. The minimum Gasteiger partial charge on any atom is -0.477 e. The van der Waals surface area contributed by atoms with Crippen LogP contribution in [0.15, 0.2) is 6.07 Å². The first kappa shape index (κ1) is 14.5. The maximum atomic E-state index is 12.3. The van der Waals surface area contributed by atoms with Crippen LogP contribution in [0, 0.1) is 6.92 Å². The van der Waals surface area contributed by atoms with E-state index in [0.29, 0.717) is 5.56 Å². The Kier molecular flexibility index (Phi) is 4.30. The van der Waals surface area contributed by atoms with E-state index in [1.165, 1.54) is 6.07 Å². The van der Waals surface area contributed by atoms with Crippen molar-refractivity contribution in [2.45, 2.75) is 50.0 Å². The number of aryl methyl sites for hydroxylation is 1. The Morgan fingerprint density at radius 3 is 2.53 bits per heavy atom. The lowest BCUT2D eigenvalue weighted by molar-refractivity contribution is 0.0702. The van der Waals surface area contributed by atoms with Crippen molar-refractivity contribution in [3.63, 3.8) is 0 Å². The maximum absolute atomic E-state index is 12.3. The fourth-order valence-corrected chi connectivity index (χ4v) is 5.52. The molecule has 0 spiro atoms. The van der Waals surface area contributed by atoms with E-state index in [1.54, 1.807) is 6.92 Å². The molecular weight excluding hydrogens is 284 g/mol. The molecule has 0 amide bonds. The third kappa shape index (κ3) is 3.36. The topological polar surface area (TPSA) is 71.4 Å². The van der Waals surface area contributed by atoms with Crippen molar-refractivity contribution >= 4 is 27.1 Å². The van der Waals surface area contributed by atoms with E-state index in [1.807, 2.05) is 0 Å². The molecule has 1 fully saturated rings. The molecule has 0 atom stereocenters.